The van der Waals surface area contributed by atoms with Crippen LogP contribution in [0.4, 0.5) is 5.69 Å². The highest BCUT2D eigenvalue weighted by Gasteiger charge is 2.72. The van der Waals surface area contributed by atoms with E-state index in [1.54, 1.807) is 12.1 Å². The molecule has 36 heavy (non-hydrogen) atoms. The van der Waals surface area contributed by atoms with Crippen LogP contribution >= 0.6 is 0 Å². The quantitative estimate of drug-likeness (QED) is 0.241. The average molecular weight is 503 g/mol. The van der Waals surface area contributed by atoms with Gasteiger partial charge in [-0.3, -0.25) is 9.59 Å². The van der Waals surface area contributed by atoms with Crippen molar-refractivity contribution in [2.24, 2.45) is 5.92 Å². The summed E-state index contributed by atoms with van der Waals surface area (Å²) >= 11 is 0. The van der Waals surface area contributed by atoms with Crippen molar-refractivity contribution in [2.75, 3.05) is 13.8 Å². The molecule has 10 nitrogen and oxygen atoms in total. The fraction of sp³-hybridized carbons (Fsp3) is 0.615. The summed E-state index contributed by atoms with van der Waals surface area (Å²) in [6, 6.07) is 4.70. The maximum atomic E-state index is 13.5. The summed E-state index contributed by atoms with van der Waals surface area (Å²) in [4.78, 5) is 52.6. The summed E-state index contributed by atoms with van der Waals surface area (Å²) in [6.07, 6.45) is 8.37. The van der Waals surface area contributed by atoms with Crippen molar-refractivity contribution in [3.05, 3.63) is 24.3 Å². The fourth-order valence-electron chi connectivity index (χ4n) is 6.10. The Morgan fingerprint density at radius 2 is 1.64 bits per heavy atom. The van der Waals surface area contributed by atoms with Crippen LogP contribution in [-0.4, -0.2) is 65.4 Å². The van der Waals surface area contributed by atoms with Gasteiger partial charge in [0.15, 0.2) is 6.73 Å². The van der Waals surface area contributed by atoms with Gasteiger partial charge in [-0.05, 0) is 37.8 Å². The van der Waals surface area contributed by atoms with Gasteiger partial charge in [0, 0.05) is 18.2 Å². The summed E-state index contributed by atoms with van der Waals surface area (Å²) in [5.41, 5.74) is -0.914. The highest BCUT2D eigenvalue weighted by molar-refractivity contribution is 6.17. The number of carbonyl (C=O) groups is 4. The van der Waals surface area contributed by atoms with Crippen molar-refractivity contribution in [3.8, 4) is 5.75 Å². The smallest absolute Gasteiger partial charge is 0.365 e. The van der Waals surface area contributed by atoms with Gasteiger partial charge in [0.1, 0.15) is 17.0 Å². The molecule has 3 fully saturated rings. The molecule has 2 aliphatic carbocycles. The van der Waals surface area contributed by atoms with E-state index in [4.69, 9.17) is 4.74 Å². The minimum Gasteiger partial charge on any atom is -0.497 e. The third-order valence-electron chi connectivity index (χ3n) is 8.19. The number of quaternary nitrogens is 1. The Balaban J connectivity index is 1.57. The number of nitrogens with one attached hydrogen (secondary N) is 2. The second kappa shape index (κ2) is 10.6. The number of benzene rings is 1. The van der Waals surface area contributed by atoms with Crippen LogP contribution in [0.25, 0.3) is 0 Å². The molecule has 2 saturated carbocycles. The Labute approximate surface area is 210 Å². The van der Waals surface area contributed by atoms with E-state index >= 15 is 0 Å². The van der Waals surface area contributed by atoms with Crippen LogP contribution in [0.15, 0.2) is 24.3 Å². The van der Waals surface area contributed by atoms with E-state index in [2.05, 4.69) is 10.6 Å². The van der Waals surface area contributed by atoms with Gasteiger partial charge < -0.3 is 25.6 Å². The van der Waals surface area contributed by atoms with Gasteiger partial charge >= 0.3 is 11.9 Å². The number of likely N-dealkylation sites (tertiary alicyclic amines) is 1. The molecule has 0 radical (unpaired) electrons. The van der Waals surface area contributed by atoms with Gasteiger partial charge in [0.25, 0.3) is 0 Å². The number of methoxy groups -OCH3 is 1. The van der Waals surface area contributed by atoms with E-state index in [9.17, 15) is 29.4 Å². The van der Waals surface area contributed by atoms with Crippen LogP contribution < -0.4 is 19.9 Å². The third kappa shape index (κ3) is 4.48. The summed E-state index contributed by atoms with van der Waals surface area (Å²) in [7, 11) is 1.48. The number of carbonyl (C=O) groups excluding carboxylic acids is 3. The van der Waals surface area contributed by atoms with Crippen LogP contribution in [0, 0.1) is 5.92 Å². The number of β-lactam (4-membered cyclic amide) rings is 1. The molecule has 1 aliphatic heterocycles. The first-order chi connectivity index (χ1) is 17.3. The van der Waals surface area contributed by atoms with Crippen molar-refractivity contribution < 1.29 is 34.1 Å². The number of hydrogen-bond acceptors (Lipinski definition) is 6. The normalized spacial score (nSPS) is 28.0. The van der Waals surface area contributed by atoms with E-state index in [0.717, 1.165) is 51.4 Å². The molecule has 4 N–H and O–H groups in total. The van der Waals surface area contributed by atoms with Crippen LogP contribution in [0.3, 0.4) is 0 Å². The van der Waals surface area contributed by atoms with Crippen LogP contribution in [0.2, 0.25) is 0 Å². The molecule has 1 saturated heterocycles. The van der Waals surface area contributed by atoms with Crippen molar-refractivity contribution >= 4 is 29.4 Å². The predicted octanol–water partition coefficient (Wildman–Crippen LogP) is 1.83. The molecule has 0 bridgehead atoms. The molecule has 1 heterocycles. The number of ether oxygens (including phenoxy) is 1. The summed E-state index contributed by atoms with van der Waals surface area (Å²) in [5.74, 6) is -4.12. The Morgan fingerprint density at radius 3 is 2.19 bits per heavy atom. The van der Waals surface area contributed by atoms with E-state index in [0.29, 0.717) is 18.6 Å². The Hall–Kier alpha value is -2.98. The highest BCUT2D eigenvalue weighted by atomic mass is 16.5. The number of amides is 3. The standard InChI is InChI=1S/C26H35N3O7/c1-36-19-12-10-18(11-13-19)29(16-30)21(24(33)34)20(23(29)32)22(31)28-26(14-6-3-7-15-26)25(35)27-17-8-4-2-5-9-17/h10-13,17,20-21,30H,2-9,14-16H2,1H3,(H2-,27,28,31,33,34,35)/p+1/t20-,21-,29+/m0/s1. The number of carboxylic acid groups (broad SMARTS) is 1. The number of nitrogens with zero attached hydrogens (tertiary/aromatic N) is 1. The topological polar surface area (TPSA) is 142 Å². The molecule has 3 aliphatic rings. The lowest BCUT2D eigenvalue weighted by Crippen LogP contribution is -2.82. The number of carboxylic acids is 1. The lowest BCUT2D eigenvalue weighted by molar-refractivity contribution is -0.178. The average Bonchev–Trinajstić information content (AvgIpc) is 2.89. The predicted molar refractivity (Wildman–Crippen MR) is 131 cm³/mol. The van der Waals surface area contributed by atoms with Gasteiger partial charge in [-0.2, -0.15) is 4.48 Å². The van der Waals surface area contributed by atoms with Gasteiger partial charge in [-0.15, -0.1) is 0 Å². The molecule has 0 unspecified atom stereocenters. The molecule has 3 atom stereocenters. The SMILES string of the molecule is COc1ccc([N@@+]2(CO)C(=O)[C@H](C(=O)NC3(C(=O)NC4CCCCC4)CCCCC3)[C@H]2C(=O)O)cc1. The first-order valence-corrected chi connectivity index (χ1v) is 12.8. The minimum absolute atomic E-state index is 0.0628. The van der Waals surface area contributed by atoms with E-state index in [1.807, 2.05) is 0 Å². The van der Waals surface area contributed by atoms with Crippen molar-refractivity contribution in [1.29, 1.82) is 0 Å². The molecule has 3 amide bonds. The zero-order valence-corrected chi connectivity index (χ0v) is 20.7. The molecule has 1 aromatic rings. The van der Waals surface area contributed by atoms with E-state index in [1.165, 1.54) is 19.2 Å². The maximum absolute atomic E-state index is 13.5. The number of aliphatic hydroxyl groups excluding tert-OH is 1. The largest absolute Gasteiger partial charge is 0.497 e. The first kappa shape index (κ1) is 26.1. The highest BCUT2D eigenvalue weighted by Crippen LogP contribution is 2.42. The Bertz CT molecular complexity index is 999. The molecule has 10 heteroatoms. The van der Waals surface area contributed by atoms with E-state index < -0.39 is 46.5 Å². The molecule has 4 rings (SSSR count). The van der Waals surface area contributed by atoms with Crippen LogP contribution in [-0.2, 0) is 19.2 Å². The molecule has 0 spiro atoms. The summed E-state index contributed by atoms with van der Waals surface area (Å²) < 4.78 is 4.24. The lowest BCUT2D eigenvalue weighted by atomic mass is 9.77. The second-order valence-electron chi connectivity index (χ2n) is 10.2. The van der Waals surface area contributed by atoms with Crippen molar-refractivity contribution in [1.82, 2.24) is 15.1 Å². The molecule has 0 aromatic heterocycles. The zero-order chi connectivity index (χ0) is 25.9. The monoisotopic (exact) mass is 502 g/mol. The lowest BCUT2D eigenvalue weighted by Gasteiger charge is -2.49. The Kier molecular flexibility index (Phi) is 7.65. The van der Waals surface area contributed by atoms with Gasteiger partial charge in [-0.1, -0.05) is 38.5 Å². The molecular weight excluding hydrogens is 466 g/mol. The first-order valence-electron chi connectivity index (χ1n) is 12.8. The van der Waals surface area contributed by atoms with Gasteiger partial charge in [0.2, 0.25) is 23.8 Å². The number of aliphatic hydroxyl groups is 1. The van der Waals surface area contributed by atoms with Gasteiger partial charge in [-0.25, -0.2) is 9.59 Å². The zero-order valence-electron chi connectivity index (χ0n) is 20.7. The third-order valence-corrected chi connectivity index (χ3v) is 8.19. The van der Waals surface area contributed by atoms with Crippen LogP contribution in [0.5, 0.6) is 5.75 Å². The van der Waals surface area contributed by atoms with Crippen molar-refractivity contribution in [3.63, 3.8) is 0 Å². The number of rotatable bonds is 8. The molecular formula is C26H36N3O7+. The maximum Gasteiger partial charge on any atom is 0.365 e. The number of hydrogen-bond donors (Lipinski definition) is 4. The van der Waals surface area contributed by atoms with E-state index in [-0.39, 0.29) is 17.6 Å². The fourth-order valence-corrected chi connectivity index (χ4v) is 6.10. The molecule has 1 aromatic carbocycles. The summed E-state index contributed by atoms with van der Waals surface area (Å²) in [6.45, 7) is -0.806. The minimum atomic E-state index is -1.52. The van der Waals surface area contributed by atoms with Crippen LogP contribution in [0.1, 0.15) is 64.2 Å². The summed E-state index contributed by atoms with van der Waals surface area (Å²) in [5, 5.41) is 26.2. The Morgan fingerprint density at radius 1 is 1.03 bits per heavy atom. The molecule has 196 valence electrons. The van der Waals surface area contributed by atoms with Gasteiger partial charge in [0.05, 0.1) is 7.11 Å². The number of aliphatic carboxylic acids is 1. The van der Waals surface area contributed by atoms with Crippen molar-refractivity contribution in [2.45, 2.75) is 81.8 Å². The second-order valence-corrected chi connectivity index (χ2v) is 10.2.